The first-order chi connectivity index (χ1) is 8.95. The SMILES string of the molecule is CCOCC(C)Oc1cc(N)ccc1C(=O)N(C)C. The van der Waals surface area contributed by atoms with Crippen LogP contribution < -0.4 is 10.5 Å². The van der Waals surface area contributed by atoms with Gasteiger partial charge >= 0.3 is 0 Å². The molecule has 1 rings (SSSR count). The third-order valence-electron chi connectivity index (χ3n) is 2.53. The van der Waals surface area contributed by atoms with Crippen LogP contribution in [0.2, 0.25) is 0 Å². The lowest BCUT2D eigenvalue weighted by molar-refractivity contribution is 0.0637. The average molecular weight is 266 g/mol. The van der Waals surface area contributed by atoms with Gasteiger partial charge in [0.1, 0.15) is 11.9 Å². The van der Waals surface area contributed by atoms with E-state index in [1.165, 1.54) is 4.90 Å². The summed E-state index contributed by atoms with van der Waals surface area (Å²) in [4.78, 5) is 13.6. The number of rotatable bonds is 6. The molecule has 106 valence electrons. The zero-order valence-corrected chi connectivity index (χ0v) is 12.0. The Labute approximate surface area is 114 Å². The topological polar surface area (TPSA) is 64.8 Å². The van der Waals surface area contributed by atoms with Crippen LogP contribution in [0, 0.1) is 0 Å². The zero-order valence-electron chi connectivity index (χ0n) is 12.0. The second-order valence-electron chi connectivity index (χ2n) is 4.54. The highest BCUT2D eigenvalue weighted by Gasteiger charge is 2.16. The highest BCUT2D eigenvalue weighted by molar-refractivity contribution is 5.97. The third-order valence-corrected chi connectivity index (χ3v) is 2.53. The minimum Gasteiger partial charge on any atom is -0.487 e. The molecular formula is C14H22N2O3. The predicted molar refractivity (Wildman–Crippen MR) is 75.5 cm³/mol. The number of ether oxygens (including phenoxy) is 2. The summed E-state index contributed by atoms with van der Waals surface area (Å²) < 4.78 is 11.0. The quantitative estimate of drug-likeness (QED) is 0.797. The van der Waals surface area contributed by atoms with E-state index < -0.39 is 0 Å². The zero-order chi connectivity index (χ0) is 14.4. The molecule has 1 atom stereocenters. The number of anilines is 1. The number of benzene rings is 1. The molecule has 5 heteroatoms. The first kappa shape index (κ1) is 15.3. The molecule has 0 aliphatic carbocycles. The molecule has 1 amide bonds. The first-order valence-electron chi connectivity index (χ1n) is 6.31. The second kappa shape index (κ2) is 6.99. The van der Waals surface area contributed by atoms with Gasteiger partial charge in [0.2, 0.25) is 0 Å². The molecule has 0 aromatic heterocycles. The summed E-state index contributed by atoms with van der Waals surface area (Å²) in [6.45, 7) is 4.92. The van der Waals surface area contributed by atoms with Crippen molar-refractivity contribution in [3.05, 3.63) is 23.8 Å². The molecule has 0 spiro atoms. The van der Waals surface area contributed by atoms with Gasteiger partial charge in [-0.05, 0) is 26.0 Å². The fraction of sp³-hybridized carbons (Fsp3) is 0.500. The summed E-state index contributed by atoms with van der Waals surface area (Å²) in [5.74, 6) is 0.379. The molecular weight excluding hydrogens is 244 g/mol. The molecule has 1 unspecified atom stereocenters. The number of nitrogens with two attached hydrogens (primary N) is 1. The van der Waals surface area contributed by atoms with Gasteiger partial charge < -0.3 is 20.1 Å². The number of hydrogen-bond acceptors (Lipinski definition) is 4. The lowest BCUT2D eigenvalue weighted by atomic mass is 10.1. The Hall–Kier alpha value is -1.75. The number of nitrogens with zero attached hydrogens (tertiary/aromatic N) is 1. The van der Waals surface area contributed by atoms with Crippen LogP contribution in [0.25, 0.3) is 0 Å². The number of carbonyl (C=O) groups is 1. The van der Waals surface area contributed by atoms with Crippen LogP contribution in [0.4, 0.5) is 5.69 Å². The van der Waals surface area contributed by atoms with Crippen LogP contribution >= 0.6 is 0 Å². The molecule has 0 saturated carbocycles. The Kier molecular flexibility index (Phi) is 5.63. The largest absolute Gasteiger partial charge is 0.487 e. The summed E-state index contributed by atoms with van der Waals surface area (Å²) in [6.07, 6.45) is -0.143. The van der Waals surface area contributed by atoms with Gasteiger partial charge in [-0.1, -0.05) is 0 Å². The van der Waals surface area contributed by atoms with Crippen molar-refractivity contribution in [3.8, 4) is 5.75 Å². The van der Waals surface area contributed by atoms with Gasteiger partial charge in [-0.15, -0.1) is 0 Å². The van der Waals surface area contributed by atoms with E-state index in [0.717, 1.165) is 0 Å². The average Bonchev–Trinajstić information content (AvgIpc) is 2.35. The van der Waals surface area contributed by atoms with Crippen molar-refractivity contribution >= 4 is 11.6 Å². The van der Waals surface area contributed by atoms with Crippen molar-refractivity contribution in [2.45, 2.75) is 20.0 Å². The van der Waals surface area contributed by atoms with Crippen LogP contribution in [0.3, 0.4) is 0 Å². The molecule has 0 heterocycles. The first-order valence-corrected chi connectivity index (χ1v) is 6.31. The van der Waals surface area contributed by atoms with Crippen molar-refractivity contribution in [3.63, 3.8) is 0 Å². The minimum absolute atomic E-state index is 0.112. The predicted octanol–water partition coefficient (Wildman–Crippen LogP) is 1.77. The molecule has 0 aliphatic rings. The van der Waals surface area contributed by atoms with Gasteiger partial charge in [0.25, 0.3) is 5.91 Å². The Morgan fingerprint density at radius 2 is 2.11 bits per heavy atom. The van der Waals surface area contributed by atoms with E-state index >= 15 is 0 Å². The van der Waals surface area contributed by atoms with Crippen molar-refractivity contribution < 1.29 is 14.3 Å². The maximum Gasteiger partial charge on any atom is 0.257 e. The molecule has 0 fully saturated rings. The van der Waals surface area contributed by atoms with Crippen LogP contribution in [0.5, 0.6) is 5.75 Å². The van der Waals surface area contributed by atoms with Gasteiger partial charge in [0.15, 0.2) is 0 Å². The molecule has 1 aromatic carbocycles. The fourth-order valence-corrected chi connectivity index (χ4v) is 1.59. The molecule has 0 saturated heterocycles. The third kappa shape index (κ3) is 4.44. The summed E-state index contributed by atoms with van der Waals surface area (Å²) in [5, 5.41) is 0. The van der Waals surface area contributed by atoms with Crippen molar-refractivity contribution in [2.75, 3.05) is 33.0 Å². The fourth-order valence-electron chi connectivity index (χ4n) is 1.59. The van der Waals surface area contributed by atoms with E-state index in [0.29, 0.717) is 30.2 Å². The molecule has 1 aromatic rings. The Balaban J connectivity index is 2.91. The molecule has 0 bridgehead atoms. The standard InChI is InChI=1S/C14H22N2O3/c1-5-18-9-10(2)19-13-8-11(15)6-7-12(13)14(17)16(3)4/h6-8,10H,5,9,15H2,1-4H3. The smallest absolute Gasteiger partial charge is 0.257 e. The molecule has 2 N–H and O–H groups in total. The normalized spacial score (nSPS) is 12.0. The van der Waals surface area contributed by atoms with E-state index in [9.17, 15) is 4.79 Å². The van der Waals surface area contributed by atoms with E-state index in [-0.39, 0.29) is 12.0 Å². The van der Waals surface area contributed by atoms with Gasteiger partial charge in [0, 0.05) is 32.5 Å². The van der Waals surface area contributed by atoms with E-state index in [1.807, 2.05) is 13.8 Å². The van der Waals surface area contributed by atoms with Gasteiger partial charge in [-0.25, -0.2) is 0 Å². The van der Waals surface area contributed by atoms with Gasteiger partial charge in [0.05, 0.1) is 12.2 Å². The molecule has 19 heavy (non-hydrogen) atoms. The lowest BCUT2D eigenvalue weighted by Gasteiger charge is -2.19. The van der Waals surface area contributed by atoms with Crippen LogP contribution in [-0.2, 0) is 4.74 Å². The number of nitrogen functional groups attached to an aromatic ring is 1. The Morgan fingerprint density at radius 3 is 2.68 bits per heavy atom. The highest BCUT2D eigenvalue weighted by atomic mass is 16.5. The summed E-state index contributed by atoms with van der Waals surface area (Å²) >= 11 is 0. The Bertz CT molecular complexity index is 433. The van der Waals surface area contributed by atoms with Gasteiger partial charge in [-0.2, -0.15) is 0 Å². The Morgan fingerprint density at radius 1 is 1.42 bits per heavy atom. The van der Waals surface area contributed by atoms with Crippen LogP contribution in [-0.4, -0.2) is 44.2 Å². The lowest BCUT2D eigenvalue weighted by Crippen LogP contribution is -2.25. The summed E-state index contributed by atoms with van der Waals surface area (Å²) in [6, 6.07) is 5.04. The van der Waals surface area contributed by atoms with Crippen molar-refractivity contribution in [2.24, 2.45) is 0 Å². The van der Waals surface area contributed by atoms with Gasteiger partial charge in [-0.3, -0.25) is 4.79 Å². The van der Waals surface area contributed by atoms with E-state index in [2.05, 4.69) is 0 Å². The minimum atomic E-state index is -0.143. The van der Waals surface area contributed by atoms with Crippen molar-refractivity contribution in [1.29, 1.82) is 0 Å². The monoisotopic (exact) mass is 266 g/mol. The number of amides is 1. The second-order valence-corrected chi connectivity index (χ2v) is 4.54. The van der Waals surface area contributed by atoms with Crippen LogP contribution in [0.15, 0.2) is 18.2 Å². The maximum atomic E-state index is 12.0. The number of carbonyl (C=O) groups excluding carboxylic acids is 1. The van der Waals surface area contributed by atoms with Crippen LogP contribution in [0.1, 0.15) is 24.2 Å². The number of hydrogen-bond donors (Lipinski definition) is 1. The summed E-state index contributed by atoms with van der Waals surface area (Å²) in [7, 11) is 3.40. The maximum absolute atomic E-state index is 12.0. The summed E-state index contributed by atoms with van der Waals surface area (Å²) in [5.41, 5.74) is 6.81. The molecule has 5 nitrogen and oxygen atoms in total. The van der Waals surface area contributed by atoms with E-state index in [1.54, 1.807) is 32.3 Å². The molecule has 0 radical (unpaired) electrons. The highest BCUT2D eigenvalue weighted by Crippen LogP contribution is 2.24. The van der Waals surface area contributed by atoms with E-state index in [4.69, 9.17) is 15.2 Å². The van der Waals surface area contributed by atoms with Crippen molar-refractivity contribution in [1.82, 2.24) is 4.90 Å². The molecule has 0 aliphatic heterocycles.